The van der Waals surface area contributed by atoms with E-state index in [2.05, 4.69) is 51.1 Å². The lowest BCUT2D eigenvalue weighted by molar-refractivity contribution is -0.141. The van der Waals surface area contributed by atoms with Crippen molar-refractivity contribution in [2.45, 2.75) is 78.1 Å². The molecule has 0 aliphatic carbocycles. The molecule has 1 fully saturated rings. The maximum atomic E-state index is 11.1. The predicted octanol–water partition coefficient (Wildman–Crippen LogP) is 5.57. The zero-order chi connectivity index (χ0) is 23.5. The van der Waals surface area contributed by atoms with Gasteiger partial charge in [0.2, 0.25) is 0 Å². The molecular weight excluding hydrogens is 404 g/mol. The summed E-state index contributed by atoms with van der Waals surface area (Å²) in [6.45, 7) is 13.3. The molecule has 1 atom stereocenters. The molecule has 0 unspecified atom stereocenters. The molecule has 1 aliphatic heterocycles. The zero-order valence-corrected chi connectivity index (χ0v) is 20.2. The number of carbonyl (C=O) groups is 1. The van der Waals surface area contributed by atoms with E-state index in [1.807, 2.05) is 26.8 Å². The monoisotopic (exact) mass is 440 g/mol. The van der Waals surface area contributed by atoms with Crippen LogP contribution in [0.5, 0.6) is 5.75 Å². The van der Waals surface area contributed by atoms with Crippen LogP contribution in [0.25, 0.3) is 0 Å². The molecule has 3 rings (SSSR count). The summed E-state index contributed by atoms with van der Waals surface area (Å²) in [6, 6.07) is 12.7. The van der Waals surface area contributed by atoms with E-state index >= 15 is 0 Å². The van der Waals surface area contributed by atoms with Gasteiger partial charge in [-0.05, 0) is 74.4 Å². The molecule has 2 aromatic carbocycles. The Kier molecular flexibility index (Phi) is 7.31. The van der Waals surface area contributed by atoms with Crippen molar-refractivity contribution in [2.75, 3.05) is 13.2 Å². The van der Waals surface area contributed by atoms with Crippen molar-refractivity contribution in [2.24, 2.45) is 0 Å². The van der Waals surface area contributed by atoms with Crippen LogP contribution >= 0.6 is 0 Å². The maximum Gasteiger partial charge on any atom is 0.307 e. The Hall–Kier alpha value is -2.37. The molecule has 0 spiro atoms. The third kappa shape index (κ3) is 5.16. The van der Waals surface area contributed by atoms with Gasteiger partial charge in [-0.15, -0.1) is 0 Å². The molecular formula is C27H36O5. The molecule has 5 nitrogen and oxygen atoms in total. The fraction of sp³-hybridized carbons (Fsp3) is 0.519. The lowest BCUT2D eigenvalue weighted by Crippen LogP contribution is -2.27. The van der Waals surface area contributed by atoms with Gasteiger partial charge in [0, 0.05) is 5.41 Å². The Morgan fingerprint density at radius 1 is 1.09 bits per heavy atom. The van der Waals surface area contributed by atoms with Crippen LogP contribution in [0, 0.1) is 13.8 Å². The molecule has 32 heavy (non-hydrogen) atoms. The largest absolute Gasteiger partial charge is 0.491 e. The Balaban J connectivity index is 1.84. The van der Waals surface area contributed by atoms with Crippen molar-refractivity contribution < 1.29 is 24.1 Å². The van der Waals surface area contributed by atoms with Gasteiger partial charge in [-0.1, -0.05) is 44.2 Å². The second-order valence-corrected chi connectivity index (χ2v) is 9.24. The van der Waals surface area contributed by atoms with Crippen LogP contribution in [0.15, 0.2) is 36.4 Å². The molecule has 2 aromatic rings. The van der Waals surface area contributed by atoms with Crippen LogP contribution in [0.1, 0.15) is 68.4 Å². The second-order valence-electron chi connectivity index (χ2n) is 9.24. The number of carboxylic acid groups (broad SMARTS) is 1. The first-order chi connectivity index (χ1) is 15.1. The summed E-state index contributed by atoms with van der Waals surface area (Å²) in [5, 5.41) is 9.16. The lowest BCUT2D eigenvalue weighted by Gasteiger charge is -2.34. The third-order valence-corrected chi connectivity index (χ3v) is 6.66. The van der Waals surface area contributed by atoms with Crippen LogP contribution in [-0.4, -0.2) is 36.2 Å². The van der Waals surface area contributed by atoms with Crippen LogP contribution in [-0.2, 0) is 26.1 Å². The zero-order valence-electron chi connectivity index (χ0n) is 20.2. The van der Waals surface area contributed by atoms with Gasteiger partial charge in [0.05, 0.1) is 13.0 Å². The fourth-order valence-electron chi connectivity index (χ4n) is 4.72. The lowest BCUT2D eigenvalue weighted by atomic mass is 9.70. The molecule has 1 aliphatic rings. The molecule has 0 amide bonds. The molecule has 0 saturated carbocycles. The molecule has 0 bridgehead atoms. The smallest absolute Gasteiger partial charge is 0.307 e. The van der Waals surface area contributed by atoms with E-state index in [1.54, 1.807) is 0 Å². The molecule has 1 heterocycles. The van der Waals surface area contributed by atoms with Crippen molar-refractivity contribution >= 4 is 5.97 Å². The minimum atomic E-state index is -0.803. The van der Waals surface area contributed by atoms with Gasteiger partial charge in [-0.3, -0.25) is 4.79 Å². The maximum absolute atomic E-state index is 11.1. The number of hydrogen-bond acceptors (Lipinski definition) is 4. The van der Waals surface area contributed by atoms with Crippen LogP contribution < -0.4 is 4.74 Å². The van der Waals surface area contributed by atoms with E-state index in [9.17, 15) is 4.79 Å². The van der Waals surface area contributed by atoms with Gasteiger partial charge < -0.3 is 19.3 Å². The number of aryl methyl sites for hydroxylation is 2. The van der Waals surface area contributed by atoms with Gasteiger partial charge in [0.15, 0.2) is 5.79 Å². The van der Waals surface area contributed by atoms with Crippen molar-refractivity contribution in [3.05, 3.63) is 64.2 Å². The second kappa shape index (κ2) is 9.63. The summed E-state index contributed by atoms with van der Waals surface area (Å²) >= 11 is 0. The topological polar surface area (TPSA) is 65.0 Å². The number of ether oxygens (including phenoxy) is 3. The average molecular weight is 441 g/mol. The quantitative estimate of drug-likeness (QED) is 0.552. The van der Waals surface area contributed by atoms with E-state index < -0.39 is 11.8 Å². The van der Waals surface area contributed by atoms with Crippen molar-refractivity contribution in [1.82, 2.24) is 0 Å². The minimum Gasteiger partial charge on any atom is -0.491 e. The van der Waals surface area contributed by atoms with Gasteiger partial charge in [-0.2, -0.15) is 0 Å². The summed E-state index contributed by atoms with van der Waals surface area (Å²) < 4.78 is 17.5. The van der Waals surface area contributed by atoms with E-state index in [0.717, 1.165) is 35.3 Å². The fourth-order valence-corrected chi connectivity index (χ4v) is 4.72. The van der Waals surface area contributed by atoms with Crippen molar-refractivity contribution in [1.29, 1.82) is 0 Å². The number of aliphatic carboxylic acids is 1. The molecule has 5 heteroatoms. The van der Waals surface area contributed by atoms with E-state index in [4.69, 9.17) is 19.3 Å². The summed E-state index contributed by atoms with van der Waals surface area (Å²) in [5.74, 6) is -0.494. The normalized spacial score (nSPS) is 18.0. The number of benzene rings is 2. The molecule has 0 radical (unpaired) electrons. The van der Waals surface area contributed by atoms with Crippen LogP contribution in [0.4, 0.5) is 0 Å². The highest BCUT2D eigenvalue weighted by molar-refractivity contribution is 5.70. The Morgan fingerprint density at radius 3 is 2.22 bits per heavy atom. The number of rotatable bonds is 9. The molecule has 0 aromatic heterocycles. The first-order valence-electron chi connectivity index (χ1n) is 11.5. The Morgan fingerprint density at radius 2 is 1.72 bits per heavy atom. The van der Waals surface area contributed by atoms with Crippen LogP contribution in [0.3, 0.4) is 0 Å². The summed E-state index contributed by atoms with van der Waals surface area (Å²) in [6.07, 6.45) is 1.88. The minimum absolute atomic E-state index is 0.0510. The summed E-state index contributed by atoms with van der Waals surface area (Å²) in [7, 11) is 0. The standard InChI is InChI=1S/C27H36O5/c1-7-27(8-2,21-10-9-20(15-25(28)29)18(3)13-21)22-11-12-24(19(4)14-22)30-16-23-17-31-26(5,6)32-23/h9-14,23H,7-8,15-17H2,1-6H3,(H,28,29)/t23-/m1/s1. The SMILES string of the molecule is CCC(CC)(c1ccc(CC(=O)O)c(C)c1)c1ccc(OC[C@@H]2COC(C)(C)O2)c(C)c1. The number of hydrogen-bond donors (Lipinski definition) is 1. The first kappa shape index (κ1) is 24.3. The molecule has 1 N–H and O–H groups in total. The summed E-state index contributed by atoms with van der Waals surface area (Å²) in [4.78, 5) is 11.1. The van der Waals surface area contributed by atoms with Gasteiger partial charge in [-0.25, -0.2) is 0 Å². The predicted molar refractivity (Wildman–Crippen MR) is 125 cm³/mol. The first-order valence-corrected chi connectivity index (χ1v) is 11.5. The third-order valence-electron chi connectivity index (χ3n) is 6.66. The molecule has 1 saturated heterocycles. The Bertz CT molecular complexity index is 959. The van der Waals surface area contributed by atoms with Crippen molar-refractivity contribution in [3.63, 3.8) is 0 Å². The number of carboxylic acids is 1. The highest BCUT2D eigenvalue weighted by atomic mass is 16.7. The highest BCUT2D eigenvalue weighted by Crippen LogP contribution is 2.41. The Labute approximate surface area is 191 Å². The highest BCUT2D eigenvalue weighted by Gasteiger charge is 2.34. The van der Waals surface area contributed by atoms with E-state index in [0.29, 0.717) is 13.2 Å². The van der Waals surface area contributed by atoms with E-state index in [1.165, 1.54) is 11.1 Å². The van der Waals surface area contributed by atoms with Gasteiger partial charge >= 0.3 is 5.97 Å². The average Bonchev–Trinajstić information content (AvgIpc) is 3.09. The van der Waals surface area contributed by atoms with Gasteiger partial charge in [0.25, 0.3) is 0 Å². The van der Waals surface area contributed by atoms with Crippen LogP contribution in [0.2, 0.25) is 0 Å². The van der Waals surface area contributed by atoms with E-state index in [-0.39, 0.29) is 17.9 Å². The van der Waals surface area contributed by atoms with Crippen molar-refractivity contribution in [3.8, 4) is 5.75 Å². The summed E-state index contributed by atoms with van der Waals surface area (Å²) in [5.41, 5.74) is 5.31. The molecule has 174 valence electrons. The van der Waals surface area contributed by atoms with Gasteiger partial charge in [0.1, 0.15) is 18.5 Å².